The fourth-order valence-electron chi connectivity index (χ4n) is 5.50. The lowest BCUT2D eigenvalue weighted by Crippen LogP contribution is -2.56. The molecule has 0 bridgehead atoms. The summed E-state index contributed by atoms with van der Waals surface area (Å²) in [6.45, 7) is 22.5. The van der Waals surface area contributed by atoms with Crippen molar-refractivity contribution in [2.45, 2.75) is 32.2 Å². The van der Waals surface area contributed by atoms with Crippen LogP contribution in [0.15, 0.2) is 50.6 Å². The van der Waals surface area contributed by atoms with Crippen LogP contribution < -0.4 is 10.6 Å². The Balaban J connectivity index is 2.32. The number of carbonyl (C=O) groups is 2. The number of carbonyl (C=O) groups excluding carboxylic acids is 2. The summed E-state index contributed by atoms with van der Waals surface area (Å²) in [5.41, 5.74) is -0.335. The monoisotopic (exact) mass is 414 g/mol. The summed E-state index contributed by atoms with van der Waals surface area (Å²) >= 11 is 0. The maximum Gasteiger partial charge on any atom is 0.322 e. The number of amides is 3. The van der Waals surface area contributed by atoms with Crippen LogP contribution in [-0.4, -0.2) is 67.0 Å². The number of nitrogens with one attached hydrogen (secondary N) is 2. The molecule has 2 fully saturated rings. The lowest BCUT2D eigenvalue weighted by atomic mass is 9.61. The number of rotatable bonds is 13. The maximum absolute atomic E-state index is 12.7. The highest BCUT2D eigenvalue weighted by atomic mass is 16.2. The molecule has 1 aliphatic heterocycles. The zero-order valence-electron chi connectivity index (χ0n) is 18.4. The Morgan fingerprint density at radius 3 is 2.03 bits per heavy atom. The topological polar surface area (TPSA) is 64.7 Å². The van der Waals surface area contributed by atoms with Gasteiger partial charge in [-0.3, -0.25) is 19.9 Å². The molecule has 6 heteroatoms. The van der Waals surface area contributed by atoms with Crippen LogP contribution in [0.2, 0.25) is 0 Å². The predicted octanol–water partition coefficient (Wildman–Crippen LogP) is 2.97. The highest BCUT2D eigenvalue weighted by Crippen LogP contribution is 2.46. The van der Waals surface area contributed by atoms with Gasteiger partial charge in [0.1, 0.15) is 6.04 Å². The Bertz CT molecular complexity index is 642. The molecule has 1 heterocycles. The first-order chi connectivity index (χ1) is 14.4. The predicted molar refractivity (Wildman–Crippen MR) is 123 cm³/mol. The maximum atomic E-state index is 12.7. The largest absolute Gasteiger partial charge is 0.325 e. The lowest BCUT2D eigenvalue weighted by molar-refractivity contribution is -0.125. The quantitative estimate of drug-likeness (QED) is 0.359. The molecule has 2 rings (SSSR count). The van der Waals surface area contributed by atoms with Gasteiger partial charge in [-0.2, -0.15) is 0 Å². The highest BCUT2D eigenvalue weighted by molar-refractivity contribution is 6.04. The van der Waals surface area contributed by atoms with Crippen molar-refractivity contribution < 1.29 is 9.59 Å². The summed E-state index contributed by atoms with van der Waals surface area (Å²) < 4.78 is 0. The summed E-state index contributed by atoms with van der Waals surface area (Å²) in [4.78, 5) is 29.3. The number of urea groups is 1. The van der Waals surface area contributed by atoms with E-state index in [1.165, 1.54) is 0 Å². The number of imide groups is 1. The van der Waals surface area contributed by atoms with E-state index in [9.17, 15) is 9.59 Å². The standard InChI is InChI=1S/C24H38N4O2/c1-6-10-27(11-7-2)17-20-14-19(5)15-24(16-20,18-28(12-8-3)13-9-4)21-22(29)26-23(30)25-21/h6-9,19-21H,1-4,10-18H2,5H3,(H2,25,26,29,30). The smallest absolute Gasteiger partial charge is 0.322 e. The van der Waals surface area contributed by atoms with E-state index in [-0.39, 0.29) is 11.3 Å². The molecule has 1 saturated carbocycles. The van der Waals surface area contributed by atoms with Gasteiger partial charge in [0.2, 0.25) is 0 Å². The van der Waals surface area contributed by atoms with Gasteiger partial charge in [-0.15, -0.1) is 26.3 Å². The van der Waals surface area contributed by atoms with Gasteiger partial charge < -0.3 is 5.32 Å². The Hall–Kier alpha value is -2.18. The van der Waals surface area contributed by atoms with Crippen LogP contribution in [0.1, 0.15) is 26.2 Å². The molecule has 0 aromatic carbocycles. The Morgan fingerprint density at radius 1 is 0.967 bits per heavy atom. The summed E-state index contributed by atoms with van der Waals surface area (Å²) in [5, 5.41) is 5.38. The summed E-state index contributed by atoms with van der Waals surface area (Å²) in [5.74, 6) is 0.671. The third-order valence-corrected chi connectivity index (χ3v) is 6.18. The second kappa shape index (κ2) is 11.3. The van der Waals surface area contributed by atoms with Crippen molar-refractivity contribution in [1.82, 2.24) is 20.4 Å². The summed E-state index contributed by atoms with van der Waals surface area (Å²) in [6, 6.07) is -0.905. The third kappa shape index (κ3) is 6.16. The van der Waals surface area contributed by atoms with Crippen LogP contribution in [0.3, 0.4) is 0 Å². The Kier molecular flexibility index (Phi) is 9.06. The van der Waals surface area contributed by atoms with E-state index >= 15 is 0 Å². The van der Waals surface area contributed by atoms with E-state index in [1.54, 1.807) is 0 Å². The van der Waals surface area contributed by atoms with E-state index in [0.29, 0.717) is 31.5 Å². The molecule has 0 aromatic rings. The van der Waals surface area contributed by atoms with E-state index in [1.807, 2.05) is 24.3 Å². The van der Waals surface area contributed by atoms with Crippen molar-refractivity contribution in [3.05, 3.63) is 50.6 Å². The Morgan fingerprint density at radius 2 is 1.53 bits per heavy atom. The van der Waals surface area contributed by atoms with E-state index in [0.717, 1.165) is 38.9 Å². The van der Waals surface area contributed by atoms with Crippen LogP contribution in [0.4, 0.5) is 4.79 Å². The molecule has 2 N–H and O–H groups in total. The minimum Gasteiger partial charge on any atom is -0.325 e. The highest BCUT2D eigenvalue weighted by Gasteiger charge is 2.51. The van der Waals surface area contributed by atoms with Gasteiger partial charge in [0.25, 0.3) is 5.91 Å². The number of hydrogen-bond donors (Lipinski definition) is 2. The van der Waals surface area contributed by atoms with Gasteiger partial charge in [0.05, 0.1) is 0 Å². The molecule has 1 saturated heterocycles. The molecule has 30 heavy (non-hydrogen) atoms. The second-order valence-electron chi connectivity index (χ2n) is 8.94. The zero-order chi connectivity index (χ0) is 22.1. The van der Waals surface area contributed by atoms with Crippen LogP contribution in [-0.2, 0) is 4.79 Å². The lowest BCUT2D eigenvalue weighted by Gasteiger charge is -2.49. The van der Waals surface area contributed by atoms with Crippen LogP contribution >= 0.6 is 0 Å². The van der Waals surface area contributed by atoms with Gasteiger partial charge >= 0.3 is 6.03 Å². The van der Waals surface area contributed by atoms with Crippen molar-refractivity contribution >= 4 is 11.9 Å². The van der Waals surface area contributed by atoms with Crippen molar-refractivity contribution in [3.8, 4) is 0 Å². The van der Waals surface area contributed by atoms with Crippen LogP contribution in [0, 0.1) is 17.3 Å². The van der Waals surface area contributed by atoms with Crippen molar-refractivity contribution in [2.24, 2.45) is 17.3 Å². The summed E-state index contributed by atoms with van der Waals surface area (Å²) in [7, 11) is 0. The molecule has 6 nitrogen and oxygen atoms in total. The van der Waals surface area contributed by atoms with Crippen molar-refractivity contribution in [3.63, 3.8) is 0 Å². The van der Waals surface area contributed by atoms with Crippen molar-refractivity contribution in [1.29, 1.82) is 0 Å². The first-order valence-electron chi connectivity index (χ1n) is 10.9. The molecule has 0 radical (unpaired) electrons. The molecule has 3 amide bonds. The van der Waals surface area contributed by atoms with Gasteiger partial charge in [0, 0.05) is 44.7 Å². The molecule has 2 aliphatic rings. The minimum absolute atomic E-state index is 0.209. The van der Waals surface area contributed by atoms with Crippen molar-refractivity contribution in [2.75, 3.05) is 39.3 Å². The molecule has 1 aliphatic carbocycles. The average Bonchev–Trinajstić information content (AvgIpc) is 3.01. The normalized spacial score (nSPS) is 28.8. The van der Waals surface area contributed by atoms with Gasteiger partial charge in [0.15, 0.2) is 0 Å². The van der Waals surface area contributed by atoms with Crippen LogP contribution in [0.5, 0.6) is 0 Å². The fraction of sp³-hybridized carbons (Fsp3) is 0.583. The molecule has 0 aromatic heterocycles. The number of hydrogen-bond acceptors (Lipinski definition) is 4. The SMILES string of the molecule is C=CCN(CC=C)CC1CC(C)CC(CN(CC=C)CC=C)(C2NC(=O)NC2=O)C1. The summed E-state index contributed by atoms with van der Waals surface area (Å²) in [6.07, 6.45) is 10.5. The van der Waals surface area contributed by atoms with Gasteiger partial charge in [-0.25, -0.2) is 4.79 Å². The van der Waals surface area contributed by atoms with Gasteiger partial charge in [-0.1, -0.05) is 31.2 Å². The zero-order valence-corrected chi connectivity index (χ0v) is 18.4. The first-order valence-corrected chi connectivity index (χ1v) is 10.9. The van der Waals surface area contributed by atoms with Gasteiger partial charge in [-0.05, 0) is 31.1 Å². The number of nitrogens with zero attached hydrogens (tertiary/aromatic N) is 2. The Labute approximate surface area is 181 Å². The molecule has 4 atom stereocenters. The van der Waals surface area contributed by atoms with E-state index < -0.39 is 12.1 Å². The van der Waals surface area contributed by atoms with Crippen LogP contribution in [0.25, 0.3) is 0 Å². The molecule has 0 spiro atoms. The third-order valence-electron chi connectivity index (χ3n) is 6.18. The molecular formula is C24H38N4O2. The molecular weight excluding hydrogens is 376 g/mol. The second-order valence-corrected chi connectivity index (χ2v) is 8.94. The average molecular weight is 415 g/mol. The fourth-order valence-corrected chi connectivity index (χ4v) is 5.50. The molecule has 4 unspecified atom stereocenters. The van der Waals surface area contributed by atoms with E-state index in [2.05, 4.69) is 53.7 Å². The minimum atomic E-state index is -0.514. The first kappa shape index (κ1) is 24.1. The van der Waals surface area contributed by atoms with E-state index in [4.69, 9.17) is 0 Å². The molecule has 166 valence electrons.